The zero-order valence-corrected chi connectivity index (χ0v) is 6.24. The lowest BCUT2D eigenvalue weighted by atomic mass is 10.1. The molecule has 58 valence electrons. The maximum Gasteiger partial charge on any atom is 0.176 e. The fourth-order valence-electron chi connectivity index (χ4n) is 1.14. The average molecular weight is 158 g/mol. The molecule has 0 aliphatic rings. The molecule has 0 saturated carbocycles. The second-order valence-corrected chi connectivity index (χ2v) is 2.39. The highest BCUT2D eigenvalue weighted by atomic mass is 16.5. The molecule has 0 radical (unpaired) electrons. The van der Waals surface area contributed by atoms with Gasteiger partial charge < -0.3 is 10.3 Å². The number of benzene rings is 1. The molecule has 0 amide bonds. The fraction of sp³-hybridized carbons (Fsp3) is 0. The third-order valence-electron chi connectivity index (χ3n) is 1.68. The van der Waals surface area contributed by atoms with Crippen LogP contribution in [0.5, 0.6) is 0 Å². The first-order chi connectivity index (χ1) is 5.83. The van der Waals surface area contributed by atoms with E-state index in [1.807, 2.05) is 6.07 Å². The van der Waals surface area contributed by atoms with Gasteiger partial charge in [-0.2, -0.15) is 0 Å². The number of hydrogen-bond donors (Lipinski definition) is 1. The topological polar surface area (TPSA) is 52.0 Å². The van der Waals surface area contributed by atoms with Crippen LogP contribution in [-0.2, 0) is 0 Å². The van der Waals surface area contributed by atoms with Crippen LogP contribution in [0.25, 0.3) is 11.0 Å². The molecule has 2 N–H and O–H groups in total. The normalized spacial score (nSPS) is 9.92. The number of nitrogens with zero attached hydrogens (tertiary/aromatic N) is 1. The quantitative estimate of drug-likeness (QED) is 0.589. The van der Waals surface area contributed by atoms with Gasteiger partial charge in [0.05, 0.1) is 5.39 Å². The minimum Gasteiger partial charge on any atom is -0.380 e. The number of terminal acetylenes is 1. The second kappa shape index (κ2) is 2.28. The van der Waals surface area contributed by atoms with E-state index in [4.69, 9.17) is 16.7 Å². The summed E-state index contributed by atoms with van der Waals surface area (Å²) in [6.07, 6.45) is 5.27. The van der Waals surface area contributed by atoms with E-state index in [0.29, 0.717) is 17.0 Å². The van der Waals surface area contributed by atoms with Crippen molar-refractivity contribution in [2.24, 2.45) is 0 Å². The summed E-state index contributed by atoms with van der Waals surface area (Å²) in [6.45, 7) is 0. The Kier molecular flexibility index (Phi) is 1.28. The molecule has 2 aromatic rings. The van der Waals surface area contributed by atoms with Crippen molar-refractivity contribution in [2.75, 3.05) is 5.73 Å². The molecule has 0 spiro atoms. The predicted octanol–water partition coefficient (Wildman–Crippen LogP) is 1.39. The molecular formula is C9H6N2O. The summed E-state index contributed by atoms with van der Waals surface area (Å²) < 4.78 is 4.92. The molecule has 1 aromatic heterocycles. The number of fused-ring (bicyclic) bond motifs is 1. The number of nitrogens with two attached hydrogens (primary N) is 1. The van der Waals surface area contributed by atoms with Gasteiger partial charge in [0.15, 0.2) is 11.4 Å². The summed E-state index contributed by atoms with van der Waals surface area (Å²) in [6, 6.07) is 5.39. The van der Waals surface area contributed by atoms with Crippen LogP contribution in [0.4, 0.5) is 5.82 Å². The highest BCUT2D eigenvalue weighted by molar-refractivity contribution is 5.92. The monoisotopic (exact) mass is 158 g/mol. The Labute approximate surface area is 69.1 Å². The van der Waals surface area contributed by atoms with Crippen molar-refractivity contribution in [1.29, 1.82) is 0 Å². The molecule has 0 atom stereocenters. The van der Waals surface area contributed by atoms with Crippen LogP contribution in [0.3, 0.4) is 0 Å². The third kappa shape index (κ3) is 0.753. The number of nitrogen functional groups attached to an aromatic ring is 1. The predicted molar refractivity (Wildman–Crippen MR) is 46.4 cm³/mol. The Bertz CT molecular complexity index is 465. The molecule has 0 aliphatic carbocycles. The average Bonchev–Trinajstić information content (AvgIpc) is 2.48. The molecule has 0 aliphatic heterocycles. The van der Waals surface area contributed by atoms with E-state index in [1.165, 1.54) is 0 Å². The van der Waals surface area contributed by atoms with E-state index in [-0.39, 0.29) is 0 Å². The van der Waals surface area contributed by atoms with Crippen LogP contribution in [0, 0.1) is 12.3 Å². The fourth-order valence-corrected chi connectivity index (χ4v) is 1.14. The summed E-state index contributed by atoms with van der Waals surface area (Å²) in [5.41, 5.74) is 6.89. The number of anilines is 1. The van der Waals surface area contributed by atoms with E-state index < -0.39 is 0 Å². The minimum absolute atomic E-state index is 0.346. The van der Waals surface area contributed by atoms with Gasteiger partial charge in [-0.25, -0.2) is 0 Å². The molecule has 0 saturated heterocycles. The van der Waals surface area contributed by atoms with Gasteiger partial charge in [-0.3, -0.25) is 0 Å². The first-order valence-corrected chi connectivity index (χ1v) is 3.43. The van der Waals surface area contributed by atoms with Crippen molar-refractivity contribution in [2.45, 2.75) is 0 Å². The summed E-state index contributed by atoms with van der Waals surface area (Å²) >= 11 is 0. The summed E-state index contributed by atoms with van der Waals surface area (Å²) in [5, 5.41) is 4.33. The van der Waals surface area contributed by atoms with Crippen LogP contribution < -0.4 is 5.73 Å². The third-order valence-corrected chi connectivity index (χ3v) is 1.68. The maximum absolute atomic E-state index is 5.55. The second-order valence-electron chi connectivity index (χ2n) is 2.39. The molecular weight excluding hydrogens is 152 g/mol. The maximum atomic E-state index is 5.55. The van der Waals surface area contributed by atoms with Gasteiger partial charge >= 0.3 is 0 Å². The molecule has 2 rings (SSSR count). The molecule has 1 heterocycles. The highest BCUT2D eigenvalue weighted by Gasteiger charge is 2.07. The van der Waals surface area contributed by atoms with Crippen molar-refractivity contribution in [3.05, 3.63) is 23.8 Å². The van der Waals surface area contributed by atoms with Gasteiger partial charge in [0.25, 0.3) is 0 Å². The van der Waals surface area contributed by atoms with E-state index >= 15 is 0 Å². The largest absolute Gasteiger partial charge is 0.380 e. The Morgan fingerprint density at radius 2 is 2.33 bits per heavy atom. The van der Waals surface area contributed by atoms with Gasteiger partial charge in [0, 0.05) is 5.56 Å². The minimum atomic E-state index is 0.346. The van der Waals surface area contributed by atoms with Crippen molar-refractivity contribution in [1.82, 2.24) is 5.16 Å². The number of rotatable bonds is 0. The van der Waals surface area contributed by atoms with Gasteiger partial charge in [0.1, 0.15) is 0 Å². The molecule has 0 fully saturated rings. The molecule has 0 bridgehead atoms. The van der Waals surface area contributed by atoms with Crippen molar-refractivity contribution >= 4 is 16.8 Å². The molecule has 1 aromatic carbocycles. The first kappa shape index (κ1) is 6.74. The Balaban J connectivity index is 2.96. The Morgan fingerprint density at radius 1 is 1.50 bits per heavy atom. The molecule has 0 unspecified atom stereocenters. The van der Waals surface area contributed by atoms with E-state index in [2.05, 4.69) is 11.1 Å². The lowest BCUT2D eigenvalue weighted by Gasteiger charge is -1.90. The lowest BCUT2D eigenvalue weighted by molar-refractivity contribution is 0.460. The highest BCUT2D eigenvalue weighted by Crippen LogP contribution is 2.23. The number of aromatic nitrogens is 1. The Hall–Kier alpha value is -1.95. The Morgan fingerprint density at radius 3 is 3.08 bits per heavy atom. The number of hydrogen-bond acceptors (Lipinski definition) is 3. The zero-order chi connectivity index (χ0) is 8.55. The van der Waals surface area contributed by atoms with Gasteiger partial charge in [-0.05, 0) is 12.1 Å². The van der Waals surface area contributed by atoms with Gasteiger partial charge in [0.2, 0.25) is 0 Å². The van der Waals surface area contributed by atoms with Crippen LogP contribution in [0.15, 0.2) is 22.7 Å². The summed E-state index contributed by atoms with van der Waals surface area (Å²) in [7, 11) is 0. The standard InChI is InChI=1S/C9H6N2O/c1-2-6-4-3-5-7-8(6)9(10)11-12-7/h1,3-5H,(H2,10,11). The van der Waals surface area contributed by atoms with Crippen molar-refractivity contribution in [3.63, 3.8) is 0 Å². The SMILES string of the molecule is C#Cc1cccc2onc(N)c12. The molecule has 3 heteroatoms. The lowest BCUT2D eigenvalue weighted by Crippen LogP contribution is -1.85. The molecule has 12 heavy (non-hydrogen) atoms. The first-order valence-electron chi connectivity index (χ1n) is 3.43. The van der Waals surface area contributed by atoms with E-state index in [9.17, 15) is 0 Å². The summed E-state index contributed by atoms with van der Waals surface area (Å²) in [4.78, 5) is 0. The van der Waals surface area contributed by atoms with E-state index in [1.54, 1.807) is 12.1 Å². The smallest absolute Gasteiger partial charge is 0.176 e. The van der Waals surface area contributed by atoms with E-state index in [0.717, 1.165) is 5.39 Å². The van der Waals surface area contributed by atoms with Crippen molar-refractivity contribution < 1.29 is 4.52 Å². The molecule has 3 nitrogen and oxygen atoms in total. The van der Waals surface area contributed by atoms with Crippen molar-refractivity contribution in [3.8, 4) is 12.3 Å². The summed E-state index contributed by atoms with van der Waals surface area (Å²) in [5.74, 6) is 2.86. The van der Waals surface area contributed by atoms with Crippen LogP contribution in [-0.4, -0.2) is 5.16 Å². The van der Waals surface area contributed by atoms with Gasteiger partial charge in [-0.15, -0.1) is 6.42 Å². The van der Waals surface area contributed by atoms with Gasteiger partial charge in [-0.1, -0.05) is 17.1 Å². The van der Waals surface area contributed by atoms with Crippen LogP contribution >= 0.6 is 0 Å². The van der Waals surface area contributed by atoms with Crippen LogP contribution in [0.2, 0.25) is 0 Å². The van der Waals surface area contributed by atoms with Crippen LogP contribution in [0.1, 0.15) is 5.56 Å². The zero-order valence-electron chi connectivity index (χ0n) is 6.24.